The zero-order chi connectivity index (χ0) is 19.1. The van der Waals surface area contributed by atoms with Crippen LogP contribution in [0.5, 0.6) is 5.75 Å². The Hall–Kier alpha value is -2.77. The third kappa shape index (κ3) is 5.37. The second kappa shape index (κ2) is 9.07. The van der Waals surface area contributed by atoms with E-state index in [2.05, 4.69) is 9.84 Å². The fraction of sp³-hybridized carbons (Fsp3) is 0.389. The van der Waals surface area contributed by atoms with Gasteiger partial charge in [-0.15, -0.1) is 0 Å². The Balaban J connectivity index is 2.06. The predicted octanol–water partition coefficient (Wildman–Crippen LogP) is 2.92. The van der Waals surface area contributed by atoms with Crippen LogP contribution in [0, 0.1) is 0 Å². The first-order valence-corrected chi connectivity index (χ1v) is 8.28. The molecule has 140 valence electrons. The Labute approximate surface area is 150 Å². The molecule has 0 radical (unpaired) electrons. The van der Waals surface area contributed by atoms with Crippen LogP contribution < -0.4 is 10.3 Å². The number of amides is 1. The summed E-state index contributed by atoms with van der Waals surface area (Å²) in [5.41, 5.74) is 0.690. The number of carbonyl (C=O) groups excluding carboxylic acids is 1. The highest BCUT2D eigenvalue weighted by Gasteiger charge is 2.15. The number of nitrogens with zero attached hydrogens (tertiary/aromatic N) is 3. The molecule has 0 spiro atoms. The lowest BCUT2D eigenvalue weighted by Gasteiger charge is -2.17. The highest BCUT2D eigenvalue weighted by atomic mass is 19.3. The molecule has 0 saturated carbocycles. The summed E-state index contributed by atoms with van der Waals surface area (Å²) in [6.07, 6.45) is 1.71. The van der Waals surface area contributed by atoms with E-state index in [1.807, 2.05) is 6.92 Å². The van der Waals surface area contributed by atoms with Gasteiger partial charge in [0.2, 0.25) is 0 Å². The van der Waals surface area contributed by atoms with E-state index in [-0.39, 0.29) is 29.5 Å². The van der Waals surface area contributed by atoms with Gasteiger partial charge in [0.05, 0.1) is 0 Å². The first kappa shape index (κ1) is 19.6. The fourth-order valence-electron chi connectivity index (χ4n) is 2.35. The molecule has 2 rings (SSSR count). The van der Waals surface area contributed by atoms with E-state index in [4.69, 9.17) is 0 Å². The minimum Gasteiger partial charge on any atom is -0.435 e. The van der Waals surface area contributed by atoms with E-state index in [1.54, 1.807) is 19.2 Å². The maximum absolute atomic E-state index is 12.5. The van der Waals surface area contributed by atoms with E-state index >= 15 is 0 Å². The second-order valence-corrected chi connectivity index (χ2v) is 5.82. The number of aryl methyl sites for hydroxylation is 1. The summed E-state index contributed by atoms with van der Waals surface area (Å²) in [6, 6.07) is 8.80. The number of carbonyl (C=O) groups is 1. The van der Waals surface area contributed by atoms with Gasteiger partial charge in [-0.1, -0.05) is 25.5 Å². The van der Waals surface area contributed by atoms with Gasteiger partial charge in [0, 0.05) is 26.2 Å². The Morgan fingerprint density at radius 2 is 1.92 bits per heavy atom. The number of rotatable bonds is 8. The van der Waals surface area contributed by atoms with Crippen LogP contribution in [0.15, 0.2) is 41.2 Å². The van der Waals surface area contributed by atoms with E-state index < -0.39 is 6.61 Å². The molecule has 1 aromatic heterocycles. The minimum atomic E-state index is -2.88. The molecule has 0 aliphatic carbocycles. The van der Waals surface area contributed by atoms with Crippen molar-refractivity contribution in [3.8, 4) is 5.75 Å². The third-order valence-electron chi connectivity index (χ3n) is 3.72. The molecule has 26 heavy (non-hydrogen) atoms. The summed E-state index contributed by atoms with van der Waals surface area (Å²) < 4.78 is 29.9. The van der Waals surface area contributed by atoms with Gasteiger partial charge >= 0.3 is 6.61 Å². The number of hydrogen-bond acceptors (Lipinski definition) is 4. The van der Waals surface area contributed by atoms with Gasteiger partial charge in [-0.25, -0.2) is 4.68 Å². The lowest BCUT2D eigenvalue weighted by Crippen LogP contribution is -2.31. The lowest BCUT2D eigenvalue weighted by atomic mass is 10.2. The molecular weight excluding hydrogens is 344 g/mol. The van der Waals surface area contributed by atoms with Crippen molar-refractivity contribution < 1.29 is 18.3 Å². The predicted molar refractivity (Wildman–Crippen MR) is 92.3 cm³/mol. The van der Waals surface area contributed by atoms with E-state index in [1.165, 1.54) is 33.8 Å². The van der Waals surface area contributed by atoms with Crippen LogP contribution >= 0.6 is 0 Å². The summed E-state index contributed by atoms with van der Waals surface area (Å²) >= 11 is 0. The number of benzene rings is 1. The van der Waals surface area contributed by atoms with Gasteiger partial charge < -0.3 is 9.64 Å². The highest BCUT2D eigenvalue weighted by molar-refractivity contribution is 5.91. The molecule has 0 saturated heterocycles. The molecule has 0 aliphatic rings. The zero-order valence-corrected chi connectivity index (χ0v) is 14.7. The molecule has 8 heteroatoms. The molecule has 1 heterocycles. The molecule has 0 aliphatic heterocycles. The first-order valence-electron chi connectivity index (χ1n) is 8.28. The van der Waals surface area contributed by atoms with Crippen LogP contribution in [0.2, 0.25) is 0 Å². The molecule has 2 aromatic rings. The molecule has 0 bridgehead atoms. The number of halogens is 2. The topological polar surface area (TPSA) is 64.4 Å². The summed E-state index contributed by atoms with van der Waals surface area (Å²) in [6.45, 7) is -0.139. The average Bonchev–Trinajstić information content (AvgIpc) is 2.61. The zero-order valence-electron chi connectivity index (χ0n) is 14.7. The van der Waals surface area contributed by atoms with Crippen molar-refractivity contribution >= 4 is 5.91 Å². The molecule has 1 aromatic carbocycles. The van der Waals surface area contributed by atoms with Gasteiger partial charge in [-0.05, 0) is 30.2 Å². The number of alkyl halides is 2. The van der Waals surface area contributed by atoms with Gasteiger partial charge in [0.15, 0.2) is 0 Å². The Kier molecular flexibility index (Phi) is 6.82. The van der Waals surface area contributed by atoms with E-state index in [9.17, 15) is 18.4 Å². The van der Waals surface area contributed by atoms with Crippen molar-refractivity contribution in [2.75, 3.05) is 7.05 Å². The average molecular weight is 365 g/mol. The maximum Gasteiger partial charge on any atom is 0.387 e. The number of ether oxygens (including phenoxy) is 1. The smallest absolute Gasteiger partial charge is 0.387 e. The highest BCUT2D eigenvalue weighted by Crippen LogP contribution is 2.16. The van der Waals surface area contributed by atoms with Gasteiger partial charge in [-0.2, -0.15) is 13.9 Å². The van der Waals surface area contributed by atoms with Crippen LogP contribution in [0.25, 0.3) is 0 Å². The molecule has 6 nitrogen and oxygen atoms in total. The first-order chi connectivity index (χ1) is 12.4. The molecule has 0 fully saturated rings. The van der Waals surface area contributed by atoms with Crippen LogP contribution in [0.4, 0.5) is 8.78 Å². The normalized spacial score (nSPS) is 10.8. The van der Waals surface area contributed by atoms with Crippen molar-refractivity contribution in [2.45, 2.75) is 39.5 Å². The minimum absolute atomic E-state index is 0.0578. The third-order valence-corrected chi connectivity index (χ3v) is 3.72. The lowest BCUT2D eigenvalue weighted by molar-refractivity contribution is -0.0498. The Morgan fingerprint density at radius 3 is 2.54 bits per heavy atom. The van der Waals surface area contributed by atoms with Gasteiger partial charge in [-0.3, -0.25) is 9.59 Å². The summed E-state index contributed by atoms with van der Waals surface area (Å²) in [5, 5.41) is 4.13. The Bertz CT molecular complexity index is 791. The fourth-order valence-corrected chi connectivity index (χ4v) is 2.35. The molecule has 0 atom stereocenters. The van der Waals surface area contributed by atoms with Crippen molar-refractivity contribution in [3.63, 3.8) is 0 Å². The van der Waals surface area contributed by atoms with Crippen molar-refractivity contribution in [3.05, 3.63) is 58.0 Å². The van der Waals surface area contributed by atoms with E-state index in [0.29, 0.717) is 6.54 Å². The quantitative estimate of drug-likeness (QED) is 0.722. The SMILES string of the molecule is CCCCn1nc(C(=O)N(C)Cc2ccc(OC(F)F)cc2)ccc1=O. The van der Waals surface area contributed by atoms with Crippen molar-refractivity contribution in [1.29, 1.82) is 0 Å². The van der Waals surface area contributed by atoms with Gasteiger partial charge in [0.1, 0.15) is 11.4 Å². The summed E-state index contributed by atoms with van der Waals surface area (Å²) in [5.74, 6) is -0.273. The maximum atomic E-state index is 12.5. The number of unbranched alkanes of at least 4 members (excludes halogenated alkanes) is 1. The standard InChI is InChI=1S/C18H21F2N3O3/c1-3-4-11-23-16(24)10-9-15(21-23)17(25)22(2)12-13-5-7-14(8-6-13)26-18(19)20/h5-10,18H,3-4,11-12H2,1-2H3. The molecule has 0 N–H and O–H groups in total. The van der Waals surface area contributed by atoms with Crippen molar-refractivity contribution in [1.82, 2.24) is 14.7 Å². The van der Waals surface area contributed by atoms with Crippen molar-refractivity contribution in [2.24, 2.45) is 0 Å². The molecule has 0 unspecified atom stereocenters. The second-order valence-electron chi connectivity index (χ2n) is 5.82. The number of aromatic nitrogens is 2. The van der Waals surface area contributed by atoms with E-state index in [0.717, 1.165) is 18.4 Å². The largest absolute Gasteiger partial charge is 0.435 e. The van der Waals surface area contributed by atoms with Crippen LogP contribution in [0.3, 0.4) is 0 Å². The van der Waals surface area contributed by atoms with Crippen LogP contribution in [-0.2, 0) is 13.1 Å². The summed E-state index contributed by atoms with van der Waals surface area (Å²) in [4.78, 5) is 25.7. The molecular formula is C18H21F2N3O3. The van der Waals surface area contributed by atoms with Crippen LogP contribution in [-0.4, -0.2) is 34.2 Å². The summed E-state index contributed by atoms with van der Waals surface area (Å²) in [7, 11) is 1.61. The number of hydrogen-bond donors (Lipinski definition) is 0. The van der Waals surface area contributed by atoms with Crippen LogP contribution in [0.1, 0.15) is 35.8 Å². The molecule has 1 amide bonds. The van der Waals surface area contributed by atoms with Gasteiger partial charge in [0.25, 0.3) is 11.5 Å². The Morgan fingerprint density at radius 1 is 1.23 bits per heavy atom. The monoisotopic (exact) mass is 365 g/mol.